The average molecular weight is 325 g/mol. The van der Waals surface area contributed by atoms with Crippen LogP contribution in [0.1, 0.15) is 18.9 Å². The monoisotopic (exact) mass is 324 g/mol. The number of aliphatic hydroxyl groups is 1. The first-order valence-electron chi connectivity index (χ1n) is 7.84. The van der Waals surface area contributed by atoms with E-state index in [0.29, 0.717) is 12.1 Å². The molecule has 2 saturated heterocycles. The quantitative estimate of drug-likeness (QED) is 0.897. The third kappa shape index (κ3) is 2.56. The van der Waals surface area contributed by atoms with Gasteiger partial charge in [-0.05, 0) is 25.0 Å². The summed E-state index contributed by atoms with van der Waals surface area (Å²) >= 11 is 6.40. The van der Waals surface area contributed by atoms with E-state index in [1.165, 1.54) is 0 Å². The summed E-state index contributed by atoms with van der Waals surface area (Å²) in [5.74, 6) is 1.51. The molecule has 0 amide bonds. The molecule has 0 aromatic heterocycles. The number of aliphatic hydroxyl groups excluding tert-OH is 1. The van der Waals surface area contributed by atoms with E-state index in [1.807, 2.05) is 12.1 Å². The van der Waals surface area contributed by atoms with E-state index in [1.54, 1.807) is 0 Å². The second kappa shape index (κ2) is 5.57. The summed E-state index contributed by atoms with van der Waals surface area (Å²) in [6.07, 6.45) is 0.698. The van der Waals surface area contributed by atoms with Gasteiger partial charge >= 0.3 is 0 Å². The van der Waals surface area contributed by atoms with Gasteiger partial charge in [0.2, 0.25) is 6.79 Å². The molecule has 3 heterocycles. The molecule has 1 N–H and O–H groups in total. The van der Waals surface area contributed by atoms with Crippen molar-refractivity contribution in [3.8, 4) is 11.5 Å². The van der Waals surface area contributed by atoms with E-state index in [-0.39, 0.29) is 12.9 Å². The fraction of sp³-hybridized carbons (Fsp3) is 0.625. The Hall–Kier alpha value is -1.01. The van der Waals surface area contributed by atoms with Crippen molar-refractivity contribution in [2.24, 2.45) is 0 Å². The van der Waals surface area contributed by atoms with Crippen molar-refractivity contribution in [1.82, 2.24) is 9.80 Å². The molecule has 1 aromatic rings. The van der Waals surface area contributed by atoms with E-state index in [4.69, 9.17) is 21.1 Å². The van der Waals surface area contributed by atoms with Gasteiger partial charge in [-0.1, -0.05) is 11.6 Å². The summed E-state index contributed by atoms with van der Waals surface area (Å²) in [6, 6.07) is 4.74. The van der Waals surface area contributed by atoms with Crippen molar-refractivity contribution in [3.05, 3.63) is 22.7 Å². The molecular weight excluding hydrogens is 304 g/mol. The van der Waals surface area contributed by atoms with Crippen LogP contribution >= 0.6 is 11.6 Å². The van der Waals surface area contributed by atoms with Gasteiger partial charge in [0.05, 0.1) is 6.10 Å². The minimum Gasteiger partial charge on any atom is -0.454 e. The van der Waals surface area contributed by atoms with Crippen molar-refractivity contribution in [2.75, 3.05) is 26.4 Å². The Kier molecular flexibility index (Phi) is 3.69. The van der Waals surface area contributed by atoms with Crippen LogP contribution in [0.3, 0.4) is 0 Å². The molecule has 120 valence electrons. The Morgan fingerprint density at radius 3 is 2.82 bits per heavy atom. The predicted molar refractivity (Wildman–Crippen MR) is 83.4 cm³/mol. The van der Waals surface area contributed by atoms with Gasteiger partial charge in [0.25, 0.3) is 0 Å². The first-order valence-corrected chi connectivity index (χ1v) is 8.22. The lowest BCUT2D eigenvalue weighted by Crippen LogP contribution is -2.54. The SMILES string of the molecule is C[C@H]1CN2C[C@H](O)C[C@@H]2CN1Cc1cc2c(cc1Cl)OCO2. The molecule has 22 heavy (non-hydrogen) atoms. The fourth-order valence-corrected chi connectivity index (χ4v) is 4.01. The topological polar surface area (TPSA) is 45.2 Å². The summed E-state index contributed by atoms with van der Waals surface area (Å²) < 4.78 is 10.8. The first-order chi connectivity index (χ1) is 10.6. The van der Waals surface area contributed by atoms with Gasteiger partial charge in [0, 0.05) is 49.4 Å². The van der Waals surface area contributed by atoms with Crippen LogP contribution in [0.2, 0.25) is 5.02 Å². The second-order valence-corrected chi connectivity index (χ2v) is 6.98. The number of hydrogen-bond donors (Lipinski definition) is 1. The summed E-state index contributed by atoms with van der Waals surface area (Å²) in [5.41, 5.74) is 1.07. The lowest BCUT2D eigenvalue weighted by atomic mass is 10.1. The minimum atomic E-state index is -0.175. The van der Waals surface area contributed by atoms with Crippen LogP contribution in [0.5, 0.6) is 11.5 Å². The van der Waals surface area contributed by atoms with Crippen LogP contribution in [-0.4, -0.2) is 59.5 Å². The molecule has 5 nitrogen and oxygen atoms in total. The number of halogens is 1. The molecule has 3 atom stereocenters. The van der Waals surface area contributed by atoms with E-state index in [9.17, 15) is 5.11 Å². The van der Waals surface area contributed by atoms with Gasteiger partial charge in [0.15, 0.2) is 11.5 Å². The van der Waals surface area contributed by atoms with Crippen LogP contribution in [-0.2, 0) is 6.54 Å². The summed E-state index contributed by atoms with van der Waals surface area (Å²) in [4.78, 5) is 4.86. The molecule has 1 aromatic carbocycles. The number of benzene rings is 1. The Bertz CT molecular complexity index is 583. The predicted octanol–water partition coefficient (Wildman–Crippen LogP) is 1.71. The van der Waals surface area contributed by atoms with Crippen LogP contribution < -0.4 is 9.47 Å². The van der Waals surface area contributed by atoms with Crippen molar-refractivity contribution in [2.45, 2.75) is 38.1 Å². The average Bonchev–Trinajstić information content (AvgIpc) is 3.04. The molecule has 0 aliphatic carbocycles. The molecule has 4 rings (SSSR count). The standard InChI is InChI=1S/C16H21ClN2O3/c1-10-5-19-8-13(20)3-12(19)7-18(10)6-11-2-15-16(4-14(11)17)22-9-21-15/h2,4,10,12-13,20H,3,5-9H2,1H3/t10-,12+,13+/m0/s1. The summed E-state index contributed by atoms with van der Waals surface area (Å²) in [6.45, 7) is 6.10. The summed E-state index contributed by atoms with van der Waals surface area (Å²) in [5, 5.41) is 10.6. The van der Waals surface area contributed by atoms with Crippen LogP contribution in [0, 0.1) is 0 Å². The molecular formula is C16H21ClN2O3. The van der Waals surface area contributed by atoms with Crippen LogP contribution in [0.4, 0.5) is 0 Å². The van der Waals surface area contributed by atoms with Crippen LogP contribution in [0.15, 0.2) is 12.1 Å². The second-order valence-electron chi connectivity index (χ2n) is 6.57. The van der Waals surface area contributed by atoms with Gasteiger partial charge in [-0.3, -0.25) is 9.80 Å². The molecule has 0 saturated carbocycles. The van der Waals surface area contributed by atoms with E-state index in [2.05, 4.69) is 16.7 Å². The molecule has 0 bridgehead atoms. The zero-order valence-corrected chi connectivity index (χ0v) is 13.4. The molecule has 0 unspecified atom stereocenters. The maximum absolute atomic E-state index is 9.86. The highest BCUT2D eigenvalue weighted by molar-refractivity contribution is 6.31. The molecule has 6 heteroatoms. The van der Waals surface area contributed by atoms with Gasteiger partial charge in [-0.25, -0.2) is 0 Å². The highest BCUT2D eigenvalue weighted by Gasteiger charge is 2.38. The van der Waals surface area contributed by atoms with Crippen LogP contribution in [0.25, 0.3) is 0 Å². The van der Waals surface area contributed by atoms with E-state index >= 15 is 0 Å². The largest absolute Gasteiger partial charge is 0.454 e. The Balaban J connectivity index is 1.51. The third-order valence-electron chi connectivity index (χ3n) is 4.99. The number of fused-ring (bicyclic) bond motifs is 2. The maximum Gasteiger partial charge on any atom is 0.231 e. The maximum atomic E-state index is 9.86. The van der Waals surface area contributed by atoms with Gasteiger partial charge in [0.1, 0.15) is 0 Å². The highest BCUT2D eigenvalue weighted by atomic mass is 35.5. The smallest absolute Gasteiger partial charge is 0.231 e. The third-order valence-corrected chi connectivity index (χ3v) is 5.34. The Labute approximate surface area is 135 Å². The molecule has 3 aliphatic rings. The molecule has 0 spiro atoms. The Morgan fingerprint density at radius 2 is 2.00 bits per heavy atom. The number of nitrogens with zero attached hydrogens (tertiary/aromatic N) is 2. The number of rotatable bonds is 2. The van der Waals surface area contributed by atoms with Crippen molar-refractivity contribution in [3.63, 3.8) is 0 Å². The zero-order chi connectivity index (χ0) is 15.3. The van der Waals surface area contributed by atoms with Gasteiger partial charge < -0.3 is 14.6 Å². The fourth-order valence-electron chi connectivity index (χ4n) is 3.80. The van der Waals surface area contributed by atoms with Gasteiger partial charge in [-0.2, -0.15) is 0 Å². The Morgan fingerprint density at radius 1 is 1.23 bits per heavy atom. The van der Waals surface area contributed by atoms with E-state index in [0.717, 1.165) is 54.7 Å². The zero-order valence-electron chi connectivity index (χ0n) is 12.7. The molecule has 0 radical (unpaired) electrons. The number of piperazine rings is 1. The van der Waals surface area contributed by atoms with Crippen molar-refractivity contribution in [1.29, 1.82) is 0 Å². The number of ether oxygens (including phenoxy) is 2. The normalized spacial score (nSPS) is 31.5. The van der Waals surface area contributed by atoms with Crippen molar-refractivity contribution < 1.29 is 14.6 Å². The van der Waals surface area contributed by atoms with E-state index < -0.39 is 0 Å². The number of hydrogen-bond acceptors (Lipinski definition) is 5. The lowest BCUT2D eigenvalue weighted by Gasteiger charge is -2.42. The molecule has 2 fully saturated rings. The summed E-state index contributed by atoms with van der Waals surface area (Å²) in [7, 11) is 0. The minimum absolute atomic E-state index is 0.175. The van der Waals surface area contributed by atoms with Crippen molar-refractivity contribution >= 4 is 11.6 Å². The lowest BCUT2D eigenvalue weighted by molar-refractivity contribution is 0.0528. The molecule has 3 aliphatic heterocycles. The highest BCUT2D eigenvalue weighted by Crippen LogP contribution is 2.37. The first kappa shape index (κ1) is 14.6. The van der Waals surface area contributed by atoms with Gasteiger partial charge in [-0.15, -0.1) is 0 Å².